The minimum Gasteiger partial charge on any atom is -0.368 e. The van der Waals surface area contributed by atoms with Crippen molar-refractivity contribution in [1.29, 1.82) is 0 Å². The maximum absolute atomic E-state index is 13.0. The summed E-state index contributed by atoms with van der Waals surface area (Å²) in [6, 6.07) is 11.7. The Morgan fingerprint density at radius 1 is 1.31 bits per heavy atom. The highest BCUT2D eigenvalue weighted by molar-refractivity contribution is 7.98. The number of thioether (sulfide) groups is 1. The zero-order valence-electron chi connectivity index (χ0n) is 13.9. The molecule has 0 bridgehead atoms. The average molecular weight is 385 g/mol. The van der Waals surface area contributed by atoms with Crippen LogP contribution in [0.15, 0.2) is 46.3 Å². The van der Waals surface area contributed by atoms with Gasteiger partial charge in [0.2, 0.25) is 11.7 Å². The Labute approximate surface area is 156 Å². The van der Waals surface area contributed by atoms with Gasteiger partial charge in [-0.25, -0.2) is 14.1 Å². The van der Waals surface area contributed by atoms with Gasteiger partial charge >= 0.3 is 0 Å². The number of carbonyl (C=O) groups is 1. The first-order valence-corrected chi connectivity index (χ1v) is 9.68. The second kappa shape index (κ2) is 6.58. The Morgan fingerprint density at radius 2 is 2.08 bits per heavy atom. The molecule has 132 valence electrons. The van der Waals surface area contributed by atoms with E-state index in [1.807, 2.05) is 43.3 Å². The lowest BCUT2D eigenvalue weighted by atomic mass is 10.2. The number of aryl methyl sites for hydroxylation is 1. The van der Waals surface area contributed by atoms with Gasteiger partial charge in [-0.2, -0.15) is 0 Å². The number of thiophene rings is 1. The fourth-order valence-electron chi connectivity index (χ4n) is 2.70. The molecule has 0 aliphatic carbocycles. The van der Waals surface area contributed by atoms with E-state index in [9.17, 15) is 9.59 Å². The molecule has 2 N–H and O–H groups in total. The number of benzene rings is 1. The van der Waals surface area contributed by atoms with E-state index in [1.54, 1.807) is 0 Å². The molecule has 0 radical (unpaired) electrons. The largest absolute Gasteiger partial charge is 0.368 e. The number of hydrogen-bond donors (Lipinski definition) is 1. The highest BCUT2D eigenvalue weighted by Crippen LogP contribution is 2.25. The first kappa shape index (κ1) is 16.8. The van der Waals surface area contributed by atoms with Gasteiger partial charge in [0.15, 0.2) is 5.16 Å². The monoisotopic (exact) mass is 385 g/mol. The maximum atomic E-state index is 13.0. The summed E-state index contributed by atoms with van der Waals surface area (Å²) < 4.78 is 2.86. The number of primary amides is 1. The fourth-order valence-corrected chi connectivity index (χ4v) is 4.50. The van der Waals surface area contributed by atoms with Crippen molar-refractivity contribution < 1.29 is 4.79 Å². The van der Waals surface area contributed by atoms with Gasteiger partial charge in [-0.05, 0) is 18.6 Å². The molecular formula is C17H15N5O2S2. The van der Waals surface area contributed by atoms with Gasteiger partial charge in [-0.3, -0.25) is 9.59 Å². The number of nitrogens with two attached hydrogens (primary N) is 1. The van der Waals surface area contributed by atoms with Crippen molar-refractivity contribution in [2.24, 2.45) is 5.73 Å². The Hall–Kier alpha value is -2.65. The van der Waals surface area contributed by atoms with E-state index in [0.29, 0.717) is 26.9 Å². The maximum Gasteiger partial charge on any atom is 0.270 e. The fraction of sp³-hybridized carbons (Fsp3) is 0.176. The highest BCUT2D eigenvalue weighted by atomic mass is 32.2. The Morgan fingerprint density at radius 3 is 2.81 bits per heavy atom. The van der Waals surface area contributed by atoms with Crippen molar-refractivity contribution in [3.05, 3.63) is 57.2 Å². The summed E-state index contributed by atoms with van der Waals surface area (Å²) in [4.78, 5) is 30.6. The number of rotatable bonds is 5. The molecule has 4 aromatic rings. The number of fused-ring (bicyclic) bond motifs is 2. The molecule has 26 heavy (non-hydrogen) atoms. The van der Waals surface area contributed by atoms with Crippen molar-refractivity contribution in [2.75, 3.05) is 0 Å². The Kier molecular flexibility index (Phi) is 4.25. The smallest absolute Gasteiger partial charge is 0.270 e. The standard InChI is InChI=1S/C17H15N5O2S2/c1-10-7-12-14(26-10)19-16-21(8-13(18)23)20-17(22(16)15(12)24)25-9-11-5-3-2-4-6-11/h2-7H,8-9H2,1H3,(H2,18,23). The van der Waals surface area contributed by atoms with Crippen LogP contribution in [0.25, 0.3) is 16.0 Å². The SMILES string of the molecule is Cc1cc2c(=O)n3c(SCc4ccccc4)nn(CC(N)=O)c3nc2s1. The van der Waals surface area contributed by atoms with E-state index in [0.717, 1.165) is 10.4 Å². The highest BCUT2D eigenvalue weighted by Gasteiger charge is 2.18. The van der Waals surface area contributed by atoms with Gasteiger partial charge in [0, 0.05) is 10.6 Å². The number of amides is 1. The average Bonchev–Trinajstić information content (AvgIpc) is 3.14. The minimum absolute atomic E-state index is 0.127. The van der Waals surface area contributed by atoms with Crippen LogP contribution in [0.5, 0.6) is 0 Å². The molecular weight excluding hydrogens is 370 g/mol. The van der Waals surface area contributed by atoms with Gasteiger partial charge in [0.1, 0.15) is 11.4 Å². The van der Waals surface area contributed by atoms with Crippen molar-refractivity contribution in [3.63, 3.8) is 0 Å². The van der Waals surface area contributed by atoms with Gasteiger partial charge in [0.25, 0.3) is 5.56 Å². The first-order valence-electron chi connectivity index (χ1n) is 7.87. The summed E-state index contributed by atoms with van der Waals surface area (Å²) >= 11 is 2.86. The molecule has 0 atom stereocenters. The van der Waals surface area contributed by atoms with Gasteiger partial charge in [0.05, 0.1) is 5.39 Å². The molecule has 1 aromatic carbocycles. The quantitative estimate of drug-likeness (QED) is 0.531. The summed E-state index contributed by atoms with van der Waals surface area (Å²) in [7, 11) is 0. The minimum atomic E-state index is -0.536. The normalized spacial score (nSPS) is 11.4. The van der Waals surface area contributed by atoms with Crippen LogP contribution >= 0.6 is 23.1 Å². The molecule has 3 heterocycles. The third-order valence-corrected chi connectivity index (χ3v) is 5.76. The summed E-state index contributed by atoms with van der Waals surface area (Å²) in [5.74, 6) is 0.446. The van der Waals surface area contributed by atoms with Gasteiger partial charge in [-0.15, -0.1) is 16.4 Å². The van der Waals surface area contributed by atoms with Crippen LogP contribution in [0, 0.1) is 6.92 Å². The van der Waals surface area contributed by atoms with Crippen LogP contribution in [0.3, 0.4) is 0 Å². The molecule has 0 fully saturated rings. The van der Waals surface area contributed by atoms with Crippen LogP contribution in [0.1, 0.15) is 10.4 Å². The lowest BCUT2D eigenvalue weighted by molar-refractivity contribution is -0.118. The zero-order valence-corrected chi connectivity index (χ0v) is 15.5. The van der Waals surface area contributed by atoms with Crippen LogP contribution in [0.4, 0.5) is 0 Å². The molecule has 1 amide bonds. The second-order valence-corrected chi connectivity index (χ2v) is 7.99. The van der Waals surface area contributed by atoms with E-state index < -0.39 is 5.91 Å². The zero-order chi connectivity index (χ0) is 18.3. The van der Waals surface area contributed by atoms with Crippen LogP contribution < -0.4 is 11.3 Å². The van der Waals surface area contributed by atoms with Gasteiger partial charge < -0.3 is 5.73 Å². The van der Waals surface area contributed by atoms with E-state index >= 15 is 0 Å². The van der Waals surface area contributed by atoms with Crippen molar-refractivity contribution >= 4 is 45.0 Å². The predicted molar refractivity (Wildman–Crippen MR) is 103 cm³/mol. The Balaban J connectivity index is 1.86. The molecule has 0 saturated carbocycles. The van der Waals surface area contributed by atoms with Crippen LogP contribution in [-0.2, 0) is 17.1 Å². The summed E-state index contributed by atoms with van der Waals surface area (Å²) in [6.07, 6.45) is 0. The first-order chi connectivity index (χ1) is 12.5. The Bertz CT molecular complexity index is 1180. The van der Waals surface area contributed by atoms with E-state index in [-0.39, 0.29) is 12.1 Å². The second-order valence-electron chi connectivity index (χ2n) is 5.81. The molecule has 9 heteroatoms. The molecule has 3 aromatic heterocycles. The molecule has 0 unspecified atom stereocenters. The van der Waals surface area contributed by atoms with E-state index in [2.05, 4.69) is 10.1 Å². The van der Waals surface area contributed by atoms with E-state index in [1.165, 1.54) is 32.2 Å². The number of carbonyl (C=O) groups excluding carboxylic acids is 1. The lowest BCUT2D eigenvalue weighted by Gasteiger charge is -2.00. The molecule has 0 spiro atoms. The number of nitrogens with zero attached hydrogens (tertiary/aromatic N) is 4. The van der Waals surface area contributed by atoms with E-state index in [4.69, 9.17) is 5.73 Å². The number of aromatic nitrogens is 4. The summed E-state index contributed by atoms with van der Waals surface area (Å²) in [6.45, 7) is 1.81. The molecule has 0 aliphatic rings. The van der Waals surface area contributed by atoms with Crippen LogP contribution in [-0.4, -0.2) is 25.1 Å². The van der Waals surface area contributed by atoms with Crippen molar-refractivity contribution in [3.8, 4) is 0 Å². The summed E-state index contributed by atoms with van der Waals surface area (Å²) in [5, 5.41) is 5.47. The third-order valence-electron chi connectivity index (χ3n) is 3.82. The molecule has 0 aliphatic heterocycles. The van der Waals surface area contributed by atoms with Crippen molar-refractivity contribution in [1.82, 2.24) is 19.2 Å². The number of hydrogen-bond acceptors (Lipinski definition) is 6. The van der Waals surface area contributed by atoms with Crippen LogP contribution in [0.2, 0.25) is 0 Å². The van der Waals surface area contributed by atoms with Crippen molar-refractivity contribution in [2.45, 2.75) is 24.4 Å². The van der Waals surface area contributed by atoms with Gasteiger partial charge in [-0.1, -0.05) is 42.1 Å². The lowest BCUT2D eigenvalue weighted by Crippen LogP contribution is -2.21. The third kappa shape index (κ3) is 2.99. The molecule has 4 rings (SSSR count). The summed E-state index contributed by atoms with van der Waals surface area (Å²) in [5.41, 5.74) is 6.26. The topological polar surface area (TPSA) is 95.3 Å². The predicted octanol–water partition coefficient (Wildman–Crippen LogP) is 2.19. The molecule has 0 saturated heterocycles. The molecule has 7 nitrogen and oxygen atoms in total.